The lowest BCUT2D eigenvalue weighted by molar-refractivity contribution is -0.161. The van der Waals surface area contributed by atoms with Crippen LogP contribution in [0.1, 0.15) is 380 Å². The second-order valence-corrected chi connectivity index (χ2v) is 25.6. The predicted octanol–water partition coefficient (Wildman–Crippen LogP) is 22.9. The van der Waals surface area contributed by atoms with Crippen molar-refractivity contribution in [1.29, 1.82) is 0 Å². The van der Waals surface area contributed by atoms with Gasteiger partial charge in [-0.05, 0) is 44.9 Å². The minimum atomic E-state index is -4.39. The maximum atomic E-state index is 12.8. The van der Waals surface area contributed by atoms with Crippen LogP contribution < -0.4 is 5.73 Å². The van der Waals surface area contributed by atoms with Gasteiger partial charge in [-0.1, -0.05) is 346 Å². The van der Waals surface area contributed by atoms with Crippen LogP contribution in [0.25, 0.3) is 0 Å². The smallest absolute Gasteiger partial charge is 0.462 e. The molecule has 0 aromatic carbocycles. The summed E-state index contributed by atoms with van der Waals surface area (Å²) in [5, 5.41) is 0. The number of allylic oxidation sites excluding steroid dienone is 4. The number of esters is 2. The van der Waals surface area contributed by atoms with Crippen LogP contribution in [0.3, 0.4) is 0 Å². The molecular weight excluding hydrogens is 1010 g/mol. The second kappa shape index (κ2) is 66.6. The van der Waals surface area contributed by atoms with E-state index in [-0.39, 0.29) is 38.6 Å². The molecule has 474 valence electrons. The standard InChI is InChI=1S/C70H136NO8P/c1-3-5-7-9-11-13-15-17-19-21-23-25-27-29-31-33-34-35-37-39-41-43-45-47-49-51-53-55-57-59-61-63-70(73)79-68(67-78-80(74,75)77-65-64-71)66-76-69(72)62-60-58-56-54-52-50-48-46-44-42-40-38-36-32-30-28-26-24-22-20-18-16-14-12-10-8-6-4-2/h15,17,21,23,68H,3-14,16,18-20,22,24-67,71H2,1-2H3,(H,74,75)/b17-15-,23-21-. The van der Waals surface area contributed by atoms with Gasteiger partial charge < -0.3 is 20.1 Å². The first-order valence-electron chi connectivity index (χ1n) is 35.3. The van der Waals surface area contributed by atoms with Gasteiger partial charge in [0.2, 0.25) is 0 Å². The molecule has 0 bridgehead atoms. The molecule has 0 saturated heterocycles. The molecule has 0 aliphatic carbocycles. The van der Waals surface area contributed by atoms with Gasteiger partial charge in [0.05, 0.1) is 13.2 Å². The molecule has 0 spiro atoms. The van der Waals surface area contributed by atoms with E-state index in [1.807, 2.05) is 0 Å². The zero-order valence-corrected chi connectivity index (χ0v) is 54.2. The first-order valence-corrected chi connectivity index (χ1v) is 36.8. The molecular formula is C70H136NO8P. The number of phosphoric acid groups is 1. The molecule has 2 unspecified atom stereocenters. The van der Waals surface area contributed by atoms with E-state index < -0.39 is 26.5 Å². The van der Waals surface area contributed by atoms with Gasteiger partial charge in [-0.25, -0.2) is 4.57 Å². The molecule has 0 rings (SSSR count). The molecule has 0 aromatic rings. The molecule has 2 atom stereocenters. The molecule has 9 nitrogen and oxygen atoms in total. The summed E-state index contributed by atoms with van der Waals surface area (Å²) in [6.45, 7) is 3.82. The minimum Gasteiger partial charge on any atom is -0.462 e. The Morgan fingerprint density at radius 3 is 0.950 bits per heavy atom. The van der Waals surface area contributed by atoms with E-state index >= 15 is 0 Å². The van der Waals surface area contributed by atoms with Crippen LogP contribution in [-0.4, -0.2) is 49.3 Å². The quantitative estimate of drug-likeness (QED) is 0.0264. The number of ether oxygens (including phenoxy) is 2. The van der Waals surface area contributed by atoms with Gasteiger partial charge in [-0.2, -0.15) is 0 Å². The topological polar surface area (TPSA) is 134 Å². The molecule has 0 amide bonds. The first-order chi connectivity index (χ1) is 39.3. The Hall–Kier alpha value is -1.51. The highest BCUT2D eigenvalue weighted by Crippen LogP contribution is 2.43. The zero-order valence-electron chi connectivity index (χ0n) is 53.3. The number of hydrogen-bond acceptors (Lipinski definition) is 8. The molecule has 0 fully saturated rings. The Balaban J connectivity index is 3.81. The molecule has 3 N–H and O–H groups in total. The fourth-order valence-electron chi connectivity index (χ4n) is 10.8. The fraction of sp³-hybridized carbons (Fsp3) is 0.914. The molecule has 0 aliphatic rings. The van der Waals surface area contributed by atoms with Gasteiger partial charge in [0.15, 0.2) is 6.10 Å². The van der Waals surface area contributed by atoms with E-state index in [4.69, 9.17) is 24.3 Å². The number of nitrogens with two attached hydrogens (primary N) is 1. The van der Waals surface area contributed by atoms with Crippen molar-refractivity contribution < 1.29 is 37.6 Å². The van der Waals surface area contributed by atoms with Crippen LogP contribution in [0, 0.1) is 0 Å². The van der Waals surface area contributed by atoms with Crippen molar-refractivity contribution in [2.75, 3.05) is 26.4 Å². The van der Waals surface area contributed by atoms with Gasteiger partial charge in [0, 0.05) is 19.4 Å². The first kappa shape index (κ1) is 78.5. The molecule has 0 aromatic heterocycles. The zero-order chi connectivity index (χ0) is 58.0. The monoisotopic (exact) mass is 1150 g/mol. The number of carbonyl (C=O) groups excluding carboxylic acids is 2. The maximum Gasteiger partial charge on any atom is 0.472 e. The summed E-state index contributed by atoms with van der Waals surface area (Å²) in [6, 6.07) is 0. The van der Waals surface area contributed by atoms with E-state index in [0.717, 1.165) is 38.5 Å². The van der Waals surface area contributed by atoms with Gasteiger partial charge in [-0.15, -0.1) is 0 Å². The van der Waals surface area contributed by atoms with E-state index in [1.54, 1.807) is 0 Å². The van der Waals surface area contributed by atoms with Crippen molar-refractivity contribution >= 4 is 19.8 Å². The van der Waals surface area contributed by atoms with E-state index in [0.29, 0.717) is 6.42 Å². The fourth-order valence-corrected chi connectivity index (χ4v) is 11.6. The third-order valence-electron chi connectivity index (χ3n) is 16.1. The second-order valence-electron chi connectivity index (χ2n) is 24.1. The van der Waals surface area contributed by atoms with E-state index in [9.17, 15) is 19.0 Å². The average molecular weight is 1150 g/mol. The third kappa shape index (κ3) is 65.6. The predicted molar refractivity (Wildman–Crippen MR) is 344 cm³/mol. The van der Waals surface area contributed by atoms with Gasteiger partial charge in [0.1, 0.15) is 6.61 Å². The van der Waals surface area contributed by atoms with Crippen molar-refractivity contribution in [3.05, 3.63) is 24.3 Å². The number of rotatable bonds is 68. The van der Waals surface area contributed by atoms with Crippen molar-refractivity contribution in [3.63, 3.8) is 0 Å². The molecule has 0 radical (unpaired) electrons. The summed E-state index contributed by atoms with van der Waals surface area (Å²) in [5.74, 6) is -0.802. The number of hydrogen-bond donors (Lipinski definition) is 2. The van der Waals surface area contributed by atoms with E-state index in [2.05, 4.69) is 38.2 Å². The Kier molecular flexibility index (Phi) is 65.4. The normalized spacial score (nSPS) is 13.0. The summed E-state index contributed by atoms with van der Waals surface area (Å²) >= 11 is 0. The van der Waals surface area contributed by atoms with Gasteiger partial charge >= 0.3 is 19.8 Å². The lowest BCUT2D eigenvalue weighted by Crippen LogP contribution is -2.29. The SMILES string of the molecule is CCCCCCC/C=C\C/C=C\CCCCCCCCCCCCCCCCCCCCCC(=O)OC(COC(=O)CCCCCCCCCCCCCCCCCCCCCCCCCCCCCC)COP(=O)(O)OCCN. The van der Waals surface area contributed by atoms with Gasteiger partial charge in [0.25, 0.3) is 0 Å². The highest BCUT2D eigenvalue weighted by Gasteiger charge is 2.26. The molecule has 10 heteroatoms. The summed E-state index contributed by atoms with van der Waals surface area (Å²) in [5.41, 5.74) is 5.40. The van der Waals surface area contributed by atoms with Crippen molar-refractivity contribution in [2.24, 2.45) is 5.73 Å². The number of phosphoric ester groups is 1. The summed E-state index contributed by atoms with van der Waals surface area (Å²) in [6.07, 6.45) is 81.4. The summed E-state index contributed by atoms with van der Waals surface area (Å²) in [4.78, 5) is 35.4. The molecule has 0 heterocycles. The molecule has 0 aliphatic heterocycles. The Morgan fingerprint density at radius 1 is 0.375 bits per heavy atom. The van der Waals surface area contributed by atoms with Crippen LogP contribution in [-0.2, 0) is 32.7 Å². The third-order valence-corrected chi connectivity index (χ3v) is 17.1. The van der Waals surface area contributed by atoms with Crippen LogP contribution in [0.5, 0.6) is 0 Å². The maximum absolute atomic E-state index is 12.8. The van der Waals surface area contributed by atoms with Crippen molar-refractivity contribution in [3.8, 4) is 0 Å². The highest BCUT2D eigenvalue weighted by molar-refractivity contribution is 7.47. The Labute approximate surface area is 497 Å². The Bertz CT molecular complexity index is 1360. The number of unbranched alkanes of at least 4 members (excludes halogenated alkanes) is 51. The highest BCUT2D eigenvalue weighted by atomic mass is 31.2. The van der Waals surface area contributed by atoms with Crippen molar-refractivity contribution in [1.82, 2.24) is 0 Å². The lowest BCUT2D eigenvalue weighted by atomic mass is 10.0. The molecule has 80 heavy (non-hydrogen) atoms. The minimum absolute atomic E-state index is 0.0570. The van der Waals surface area contributed by atoms with Crippen LogP contribution >= 0.6 is 7.82 Å². The van der Waals surface area contributed by atoms with E-state index in [1.165, 1.54) is 308 Å². The number of carbonyl (C=O) groups is 2. The summed E-state index contributed by atoms with van der Waals surface area (Å²) < 4.78 is 33.2. The average Bonchev–Trinajstić information content (AvgIpc) is 3.45. The molecule has 0 saturated carbocycles. The van der Waals surface area contributed by atoms with Crippen LogP contribution in [0.15, 0.2) is 24.3 Å². The van der Waals surface area contributed by atoms with Crippen LogP contribution in [0.2, 0.25) is 0 Å². The summed E-state index contributed by atoms with van der Waals surface area (Å²) in [7, 11) is -4.39. The van der Waals surface area contributed by atoms with Gasteiger partial charge in [-0.3, -0.25) is 18.6 Å². The Morgan fingerprint density at radius 2 is 0.650 bits per heavy atom. The van der Waals surface area contributed by atoms with Crippen molar-refractivity contribution in [2.45, 2.75) is 386 Å². The largest absolute Gasteiger partial charge is 0.472 e. The van der Waals surface area contributed by atoms with Crippen LogP contribution in [0.4, 0.5) is 0 Å². The lowest BCUT2D eigenvalue weighted by Gasteiger charge is -2.19.